The molecule has 16 heavy (non-hydrogen) atoms. The SMILES string of the molecule is CN(CC(N)=O)c1cc(C(N)=O)ccc1N. The van der Waals surface area contributed by atoms with E-state index in [1.165, 1.54) is 12.1 Å². The molecule has 0 saturated heterocycles. The van der Waals surface area contributed by atoms with Gasteiger partial charge in [0, 0.05) is 12.6 Å². The van der Waals surface area contributed by atoms with Crippen LogP contribution in [0.2, 0.25) is 0 Å². The number of anilines is 2. The monoisotopic (exact) mass is 222 g/mol. The van der Waals surface area contributed by atoms with Crippen LogP contribution >= 0.6 is 0 Å². The maximum atomic E-state index is 11.0. The number of carbonyl (C=O) groups excluding carboxylic acids is 2. The van der Waals surface area contributed by atoms with Gasteiger partial charge in [0.25, 0.3) is 0 Å². The molecule has 0 heterocycles. The molecule has 0 saturated carbocycles. The molecule has 0 fully saturated rings. The molecule has 6 N–H and O–H groups in total. The van der Waals surface area contributed by atoms with Crippen molar-refractivity contribution in [3.8, 4) is 0 Å². The van der Waals surface area contributed by atoms with E-state index < -0.39 is 11.8 Å². The van der Waals surface area contributed by atoms with Crippen LogP contribution in [0.5, 0.6) is 0 Å². The molecule has 0 aliphatic carbocycles. The second-order valence-corrected chi connectivity index (χ2v) is 3.46. The molecule has 0 unspecified atom stereocenters. The van der Waals surface area contributed by atoms with E-state index in [0.717, 1.165) is 0 Å². The molecule has 0 aliphatic heterocycles. The van der Waals surface area contributed by atoms with Crippen LogP contribution in [-0.2, 0) is 4.79 Å². The van der Waals surface area contributed by atoms with E-state index in [1.807, 2.05) is 0 Å². The highest BCUT2D eigenvalue weighted by Crippen LogP contribution is 2.23. The van der Waals surface area contributed by atoms with E-state index in [-0.39, 0.29) is 6.54 Å². The van der Waals surface area contributed by atoms with Gasteiger partial charge in [-0.15, -0.1) is 0 Å². The van der Waals surface area contributed by atoms with E-state index in [1.54, 1.807) is 18.0 Å². The van der Waals surface area contributed by atoms with E-state index in [4.69, 9.17) is 17.2 Å². The Morgan fingerprint density at radius 3 is 2.44 bits per heavy atom. The van der Waals surface area contributed by atoms with Crippen molar-refractivity contribution >= 4 is 23.2 Å². The number of nitrogen functional groups attached to an aromatic ring is 1. The van der Waals surface area contributed by atoms with Gasteiger partial charge >= 0.3 is 0 Å². The molecule has 6 heteroatoms. The summed E-state index contributed by atoms with van der Waals surface area (Å²) in [6.07, 6.45) is 0. The zero-order chi connectivity index (χ0) is 12.3. The summed E-state index contributed by atoms with van der Waals surface area (Å²) in [6, 6.07) is 4.62. The van der Waals surface area contributed by atoms with Crippen molar-refractivity contribution in [2.45, 2.75) is 0 Å². The lowest BCUT2D eigenvalue weighted by Crippen LogP contribution is -2.31. The van der Waals surface area contributed by atoms with Gasteiger partial charge in [0.1, 0.15) is 0 Å². The summed E-state index contributed by atoms with van der Waals surface area (Å²) in [5, 5.41) is 0. The Balaban J connectivity index is 3.06. The van der Waals surface area contributed by atoms with Gasteiger partial charge < -0.3 is 22.1 Å². The number of hydrogen-bond donors (Lipinski definition) is 3. The number of likely N-dealkylation sites (N-methyl/N-ethyl adjacent to an activating group) is 1. The Morgan fingerprint density at radius 1 is 1.31 bits per heavy atom. The number of nitrogens with two attached hydrogens (primary N) is 3. The highest BCUT2D eigenvalue weighted by Gasteiger charge is 2.10. The fourth-order valence-electron chi connectivity index (χ4n) is 1.35. The minimum absolute atomic E-state index is 0.0203. The van der Waals surface area contributed by atoms with Crippen molar-refractivity contribution in [2.24, 2.45) is 11.5 Å². The molecule has 0 aliphatic rings. The third-order valence-corrected chi connectivity index (χ3v) is 2.12. The normalized spacial score (nSPS) is 9.81. The molecule has 0 bridgehead atoms. The van der Waals surface area contributed by atoms with Crippen LogP contribution in [0.1, 0.15) is 10.4 Å². The lowest BCUT2D eigenvalue weighted by atomic mass is 10.1. The zero-order valence-corrected chi connectivity index (χ0v) is 8.93. The van der Waals surface area contributed by atoms with Gasteiger partial charge in [-0.3, -0.25) is 9.59 Å². The third-order valence-electron chi connectivity index (χ3n) is 2.12. The molecule has 1 rings (SSSR count). The quantitative estimate of drug-likeness (QED) is 0.583. The van der Waals surface area contributed by atoms with Gasteiger partial charge in [0.05, 0.1) is 17.9 Å². The summed E-state index contributed by atoms with van der Waals surface area (Å²) in [6.45, 7) is 0.0203. The second kappa shape index (κ2) is 4.52. The average Bonchev–Trinajstić information content (AvgIpc) is 2.16. The van der Waals surface area contributed by atoms with Crippen molar-refractivity contribution in [3.63, 3.8) is 0 Å². The van der Waals surface area contributed by atoms with Gasteiger partial charge in [0.2, 0.25) is 11.8 Å². The summed E-state index contributed by atoms with van der Waals surface area (Å²) in [7, 11) is 1.65. The topological polar surface area (TPSA) is 115 Å². The second-order valence-electron chi connectivity index (χ2n) is 3.46. The van der Waals surface area contributed by atoms with Crippen LogP contribution in [0.25, 0.3) is 0 Å². The van der Waals surface area contributed by atoms with Crippen LogP contribution in [-0.4, -0.2) is 25.4 Å². The number of hydrogen-bond acceptors (Lipinski definition) is 4. The van der Waals surface area contributed by atoms with Gasteiger partial charge in [0.15, 0.2) is 0 Å². The lowest BCUT2D eigenvalue weighted by Gasteiger charge is -2.19. The summed E-state index contributed by atoms with van der Waals surface area (Å²) in [5.41, 5.74) is 17.3. The van der Waals surface area contributed by atoms with Crippen molar-refractivity contribution < 1.29 is 9.59 Å². The van der Waals surface area contributed by atoms with Crippen molar-refractivity contribution in [1.82, 2.24) is 0 Å². The first-order valence-electron chi connectivity index (χ1n) is 4.60. The van der Waals surface area contributed by atoms with Crippen molar-refractivity contribution in [1.29, 1.82) is 0 Å². The van der Waals surface area contributed by atoms with Crippen LogP contribution in [0.15, 0.2) is 18.2 Å². The lowest BCUT2D eigenvalue weighted by molar-refractivity contribution is -0.116. The summed E-state index contributed by atoms with van der Waals surface area (Å²) < 4.78 is 0. The summed E-state index contributed by atoms with van der Waals surface area (Å²) in [5.74, 6) is -1.03. The Hall–Kier alpha value is -2.24. The number of amides is 2. The molecule has 86 valence electrons. The first kappa shape index (κ1) is 11.8. The predicted molar refractivity (Wildman–Crippen MR) is 61.8 cm³/mol. The molecule has 1 aromatic carbocycles. The zero-order valence-electron chi connectivity index (χ0n) is 8.93. The molecular formula is C10H14N4O2. The van der Waals surface area contributed by atoms with Gasteiger partial charge in [-0.25, -0.2) is 0 Å². The summed E-state index contributed by atoms with van der Waals surface area (Å²) in [4.78, 5) is 23.3. The number of rotatable bonds is 4. The maximum absolute atomic E-state index is 11.0. The van der Waals surface area contributed by atoms with E-state index >= 15 is 0 Å². The highest BCUT2D eigenvalue weighted by molar-refractivity contribution is 5.95. The Bertz CT molecular complexity index is 431. The fraction of sp³-hybridized carbons (Fsp3) is 0.200. The number of nitrogens with zero attached hydrogens (tertiary/aromatic N) is 1. The van der Waals surface area contributed by atoms with Crippen LogP contribution in [0.3, 0.4) is 0 Å². The first-order valence-corrected chi connectivity index (χ1v) is 4.60. The molecule has 6 nitrogen and oxygen atoms in total. The average molecular weight is 222 g/mol. The fourth-order valence-corrected chi connectivity index (χ4v) is 1.35. The molecule has 0 spiro atoms. The molecular weight excluding hydrogens is 208 g/mol. The van der Waals surface area contributed by atoms with E-state index in [0.29, 0.717) is 16.9 Å². The molecule has 0 aromatic heterocycles. The van der Waals surface area contributed by atoms with Gasteiger partial charge in [-0.1, -0.05) is 0 Å². The van der Waals surface area contributed by atoms with E-state index in [9.17, 15) is 9.59 Å². The molecule has 1 aromatic rings. The van der Waals surface area contributed by atoms with Gasteiger partial charge in [-0.2, -0.15) is 0 Å². The highest BCUT2D eigenvalue weighted by atomic mass is 16.1. The third kappa shape index (κ3) is 2.63. The largest absolute Gasteiger partial charge is 0.397 e. The number of benzene rings is 1. The van der Waals surface area contributed by atoms with Gasteiger partial charge in [-0.05, 0) is 18.2 Å². The summed E-state index contributed by atoms with van der Waals surface area (Å²) >= 11 is 0. The minimum atomic E-state index is -0.547. The van der Waals surface area contributed by atoms with E-state index in [2.05, 4.69) is 0 Å². The number of carbonyl (C=O) groups is 2. The van der Waals surface area contributed by atoms with Crippen molar-refractivity contribution in [3.05, 3.63) is 23.8 Å². The smallest absolute Gasteiger partial charge is 0.248 e. The van der Waals surface area contributed by atoms with Crippen LogP contribution in [0, 0.1) is 0 Å². The molecule has 2 amide bonds. The maximum Gasteiger partial charge on any atom is 0.248 e. The predicted octanol–water partition coefficient (Wildman–Crippen LogP) is -0.711. The Labute approximate surface area is 93.0 Å². The van der Waals surface area contributed by atoms with Crippen molar-refractivity contribution in [2.75, 3.05) is 24.2 Å². The number of primary amides is 2. The molecule has 0 radical (unpaired) electrons. The minimum Gasteiger partial charge on any atom is -0.397 e. The first-order chi connectivity index (χ1) is 7.41. The Morgan fingerprint density at radius 2 is 1.94 bits per heavy atom. The molecule has 0 atom stereocenters. The Kier molecular flexibility index (Phi) is 3.34. The van der Waals surface area contributed by atoms with Crippen LogP contribution in [0.4, 0.5) is 11.4 Å². The van der Waals surface area contributed by atoms with Crippen LogP contribution < -0.4 is 22.1 Å². The standard InChI is InChI=1S/C10H14N4O2/c1-14(5-9(12)15)8-4-6(10(13)16)2-3-7(8)11/h2-4H,5,11H2,1H3,(H2,12,15)(H2,13,16).